The van der Waals surface area contributed by atoms with Crippen molar-refractivity contribution in [2.75, 3.05) is 20.1 Å². The average Bonchev–Trinajstić information content (AvgIpc) is 2.14. The van der Waals surface area contributed by atoms with Crippen LogP contribution < -0.4 is 5.73 Å². The molecule has 92 valence electrons. The van der Waals surface area contributed by atoms with Crippen LogP contribution in [0, 0.1) is 11.8 Å². The van der Waals surface area contributed by atoms with Gasteiger partial charge in [0.15, 0.2) is 0 Å². The predicted octanol–water partition coefficient (Wildman–Crippen LogP) is 2.73. The minimum atomic E-state index is 0.355. The molecule has 0 aliphatic rings. The Balaban J connectivity index is 3.60. The molecule has 0 heterocycles. The second-order valence-electron chi connectivity index (χ2n) is 5.35. The van der Waals surface area contributed by atoms with E-state index in [2.05, 4.69) is 39.6 Å². The zero-order valence-corrected chi connectivity index (χ0v) is 11.3. The van der Waals surface area contributed by atoms with Crippen molar-refractivity contribution in [3.63, 3.8) is 0 Å². The quantitative estimate of drug-likeness (QED) is 0.673. The summed E-state index contributed by atoms with van der Waals surface area (Å²) in [6.45, 7) is 11.3. The van der Waals surface area contributed by atoms with E-state index in [1.807, 2.05) is 0 Å². The van der Waals surface area contributed by atoms with Crippen LogP contribution in [0.3, 0.4) is 0 Å². The highest BCUT2D eigenvalue weighted by Gasteiger charge is 2.10. The highest BCUT2D eigenvalue weighted by Crippen LogP contribution is 2.08. The summed E-state index contributed by atoms with van der Waals surface area (Å²) in [7, 11) is 2.21. The van der Waals surface area contributed by atoms with Gasteiger partial charge in [-0.2, -0.15) is 0 Å². The highest BCUT2D eigenvalue weighted by atomic mass is 15.1. The second kappa shape index (κ2) is 8.12. The van der Waals surface area contributed by atoms with Gasteiger partial charge in [-0.3, -0.25) is 0 Å². The van der Waals surface area contributed by atoms with Crippen LogP contribution in [0.5, 0.6) is 0 Å². The van der Waals surface area contributed by atoms with E-state index in [-0.39, 0.29) is 0 Å². The van der Waals surface area contributed by atoms with Gasteiger partial charge in [-0.05, 0) is 38.3 Å². The van der Waals surface area contributed by atoms with Crippen LogP contribution in [-0.4, -0.2) is 31.1 Å². The van der Waals surface area contributed by atoms with Crippen molar-refractivity contribution in [3.8, 4) is 0 Å². The third kappa shape index (κ3) is 7.80. The maximum absolute atomic E-state index is 6.03. The highest BCUT2D eigenvalue weighted by molar-refractivity contribution is 4.68. The normalized spacial score (nSPS) is 16.0. The predicted molar refractivity (Wildman–Crippen MR) is 69.0 cm³/mol. The summed E-state index contributed by atoms with van der Waals surface area (Å²) < 4.78 is 0. The van der Waals surface area contributed by atoms with Crippen molar-refractivity contribution in [2.24, 2.45) is 17.6 Å². The van der Waals surface area contributed by atoms with Crippen LogP contribution in [0.25, 0.3) is 0 Å². The Morgan fingerprint density at radius 2 is 1.73 bits per heavy atom. The summed E-state index contributed by atoms with van der Waals surface area (Å²) in [5.41, 5.74) is 6.03. The van der Waals surface area contributed by atoms with Crippen molar-refractivity contribution < 1.29 is 0 Å². The van der Waals surface area contributed by atoms with Crippen molar-refractivity contribution >= 4 is 0 Å². The van der Waals surface area contributed by atoms with Gasteiger partial charge in [0.25, 0.3) is 0 Å². The van der Waals surface area contributed by atoms with Crippen LogP contribution >= 0.6 is 0 Å². The van der Waals surface area contributed by atoms with Crippen LogP contribution in [0.1, 0.15) is 47.0 Å². The van der Waals surface area contributed by atoms with Crippen molar-refractivity contribution in [1.82, 2.24) is 4.90 Å². The van der Waals surface area contributed by atoms with Crippen LogP contribution in [0.2, 0.25) is 0 Å². The van der Waals surface area contributed by atoms with E-state index in [1.54, 1.807) is 0 Å². The molecule has 0 aromatic rings. The summed E-state index contributed by atoms with van der Waals surface area (Å²) in [4.78, 5) is 2.42. The first-order chi connectivity index (χ1) is 6.97. The van der Waals surface area contributed by atoms with Gasteiger partial charge in [-0.15, -0.1) is 0 Å². The van der Waals surface area contributed by atoms with Gasteiger partial charge in [-0.25, -0.2) is 0 Å². The van der Waals surface area contributed by atoms with Crippen LogP contribution in [-0.2, 0) is 0 Å². The Bertz CT molecular complexity index is 145. The summed E-state index contributed by atoms with van der Waals surface area (Å²) >= 11 is 0. The molecule has 0 aromatic carbocycles. The summed E-state index contributed by atoms with van der Waals surface area (Å²) in [5, 5.41) is 0. The Morgan fingerprint density at radius 3 is 2.20 bits per heavy atom. The monoisotopic (exact) mass is 214 g/mol. The summed E-state index contributed by atoms with van der Waals surface area (Å²) in [6.07, 6.45) is 3.74. The molecule has 0 amide bonds. The topological polar surface area (TPSA) is 29.3 Å². The minimum absolute atomic E-state index is 0.355. The van der Waals surface area contributed by atoms with E-state index >= 15 is 0 Å². The number of nitrogens with two attached hydrogens (primary N) is 1. The molecular weight excluding hydrogens is 184 g/mol. The molecule has 2 heteroatoms. The van der Waals surface area contributed by atoms with Crippen LogP contribution in [0.15, 0.2) is 0 Å². The SMILES string of the molecule is CCCC(C)CN(C)CCC(N)C(C)C. The molecular formula is C13H30N2. The largest absolute Gasteiger partial charge is 0.327 e. The summed E-state index contributed by atoms with van der Waals surface area (Å²) in [5.74, 6) is 1.42. The molecule has 0 aromatic heterocycles. The summed E-state index contributed by atoms with van der Waals surface area (Å²) in [6, 6.07) is 0.355. The first-order valence-corrected chi connectivity index (χ1v) is 6.41. The van der Waals surface area contributed by atoms with E-state index in [9.17, 15) is 0 Å². The molecule has 0 bridgehead atoms. The Labute approximate surface area is 96.2 Å². The molecule has 0 spiro atoms. The molecule has 15 heavy (non-hydrogen) atoms. The van der Waals surface area contributed by atoms with E-state index in [0.717, 1.165) is 18.9 Å². The first-order valence-electron chi connectivity index (χ1n) is 6.41. The van der Waals surface area contributed by atoms with Gasteiger partial charge < -0.3 is 10.6 Å². The third-order valence-corrected chi connectivity index (χ3v) is 3.11. The molecule has 0 aliphatic carbocycles. The molecule has 0 radical (unpaired) electrons. The van der Waals surface area contributed by atoms with E-state index in [0.29, 0.717) is 12.0 Å². The number of hydrogen-bond acceptors (Lipinski definition) is 2. The number of nitrogens with zero attached hydrogens (tertiary/aromatic N) is 1. The van der Waals surface area contributed by atoms with Gasteiger partial charge >= 0.3 is 0 Å². The second-order valence-corrected chi connectivity index (χ2v) is 5.35. The molecule has 2 nitrogen and oxygen atoms in total. The fraction of sp³-hybridized carbons (Fsp3) is 1.00. The fourth-order valence-electron chi connectivity index (χ4n) is 1.91. The van der Waals surface area contributed by atoms with Gasteiger partial charge in [-0.1, -0.05) is 34.1 Å². The molecule has 2 N–H and O–H groups in total. The standard InChI is InChI=1S/C13H30N2/c1-6-7-12(4)10-15(5)9-8-13(14)11(2)3/h11-13H,6-10,14H2,1-5H3. The number of hydrogen-bond donors (Lipinski definition) is 1. The van der Waals surface area contributed by atoms with Gasteiger partial charge in [0.1, 0.15) is 0 Å². The van der Waals surface area contributed by atoms with E-state index in [1.165, 1.54) is 19.4 Å². The maximum atomic E-state index is 6.03. The Morgan fingerprint density at radius 1 is 1.13 bits per heavy atom. The fourth-order valence-corrected chi connectivity index (χ4v) is 1.91. The van der Waals surface area contributed by atoms with Gasteiger partial charge in [0.2, 0.25) is 0 Å². The molecule has 0 saturated carbocycles. The van der Waals surface area contributed by atoms with Crippen molar-refractivity contribution in [3.05, 3.63) is 0 Å². The van der Waals surface area contributed by atoms with Gasteiger partial charge in [0, 0.05) is 12.6 Å². The smallest absolute Gasteiger partial charge is 0.00740 e. The minimum Gasteiger partial charge on any atom is -0.327 e. The average molecular weight is 214 g/mol. The van der Waals surface area contributed by atoms with E-state index < -0.39 is 0 Å². The van der Waals surface area contributed by atoms with Crippen LogP contribution in [0.4, 0.5) is 0 Å². The van der Waals surface area contributed by atoms with E-state index in [4.69, 9.17) is 5.73 Å². The lowest BCUT2D eigenvalue weighted by Crippen LogP contribution is -2.33. The number of rotatable bonds is 8. The Kier molecular flexibility index (Phi) is 8.07. The Hall–Kier alpha value is -0.0800. The molecule has 0 aliphatic heterocycles. The first kappa shape index (κ1) is 14.9. The lowest BCUT2D eigenvalue weighted by Gasteiger charge is -2.23. The lowest BCUT2D eigenvalue weighted by molar-refractivity contribution is 0.260. The third-order valence-electron chi connectivity index (χ3n) is 3.11. The lowest BCUT2D eigenvalue weighted by atomic mass is 10.0. The molecule has 2 atom stereocenters. The molecule has 2 unspecified atom stereocenters. The zero-order valence-electron chi connectivity index (χ0n) is 11.3. The molecule has 0 rings (SSSR count). The van der Waals surface area contributed by atoms with Gasteiger partial charge in [0.05, 0.1) is 0 Å². The van der Waals surface area contributed by atoms with Crippen molar-refractivity contribution in [2.45, 2.75) is 53.0 Å². The molecule has 0 saturated heterocycles. The maximum Gasteiger partial charge on any atom is 0.00740 e. The molecule has 0 fully saturated rings. The van der Waals surface area contributed by atoms with Crippen molar-refractivity contribution in [1.29, 1.82) is 0 Å². The zero-order chi connectivity index (χ0) is 11.8.